The van der Waals surface area contributed by atoms with E-state index in [1.54, 1.807) is 13.8 Å². The summed E-state index contributed by atoms with van der Waals surface area (Å²) in [5.74, 6) is -1.06. The van der Waals surface area contributed by atoms with E-state index in [-0.39, 0.29) is 17.7 Å². The second-order valence-electron chi connectivity index (χ2n) is 5.30. The first-order chi connectivity index (χ1) is 9.50. The van der Waals surface area contributed by atoms with Crippen LogP contribution in [-0.2, 0) is 9.59 Å². The molecule has 1 aliphatic rings. The molecule has 1 aromatic carbocycles. The van der Waals surface area contributed by atoms with E-state index >= 15 is 0 Å². The second-order valence-corrected chi connectivity index (χ2v) is 5.30. The number of carboxylic acid groups (broad SMARTS) is 1. The summed E-state index contributed by atoms with van der Waals surface area (Å²) in [6.45, 7) is 4.02. The van der Waals surface area contributed by atoms with E-state index in [0.717, 1.165) is 5.56 Å². The van der Waals surface area contributed by atoms with Crippen molar-refractivity contribution in [3.05, 3.63) is 29.8 Å². The van der Waals surface area contributed by atoms with Crippen LogP contribution in [0.5, 0.6) is 5.75 Å². The molecule has 0 saturated carbocycles. The van der Waals surface area contributed by atoms with Crippen LogP contribution in [0.25, 0.3) is 0 Å². The first kappa shape index (κ1) is 14.4. The number of ether oxygens (including phenoxy) is 1. The number of para-hydroxylation sites is 1. The quantitative estimate of drug-likeness (QED) is 0.879. The van der Waals surface area contributed by atoms with Gasteiger partial charge in [0, 0.05) is 5.56 Å². The number of fused-ring (bicyclic) bond motifs is 1. The number of nitrogens with one attached hydrogen (secondary N) is 1. The first-order valence-electron chi connectivity index (χ1n) is 6.75. The van der Waals surface area contributed by atoms with Crippen LogP contribution in [-0.4, -0.2) is 29.6 Å². The van der Waals surface area contributed by atoms with Crippen LogP contribution in [0.2, 0.25) is 0 Å². The average Bonchev–Trinajstić information content (AvgIpc) is 2.43. The Bertz CT molecular complexity index is 512. The van der Waals surface area contributed by atoms with E-state index in [1.807, 2.05) is 24.3 Å². The molecule has 0 spiro atoms. The summed E-state index contributed by atoms with van der Waals surface area (Å²) in [4.78, 5) is 23.5. The monoisotopic (exact) mass is 277 g/mol. The van der Waals surface area contributed by atoms with Crippen molar-refractivity contribution in [2.45, 2.75) is 32.2 Å². The van der Waals surface area contributed by atoms with Crippen molar-refractivity contribution < 1.29 is 19.4 Å². The Morgan fingerprint density at radius 1 is 1.35 bits per heavy atom. The highest BCUT2D eigenvalue weighted by Gasteiger charge is 2.31. The summed E-state index contributed by atoms with van der Waals surface area (Å²) in [6, 6.07) is 6.52. The summed E-state index contributed by atoms with van der Waals surface area (Å²) in [7, 11) is 0. The van der Waals surface area contributed by atoms with Crippen molar-refractivity contribution >= 4 is 11.9 Å². The summed E-state index contributed by atoms with van der Waals surface area (Å²) in [5.41, 5.74) is 0.823. The molecule has 2 unspecified atom stereocenters. The molecule has 1 amide bonds. The van der Waals surface area contributed by atoms with Gasteiger partial charge in [-0.2, -0.15) is 0 Å². The predicted octanol–water partition coefficient (Wildman–Crippen LogP) is 1.78. The summed E-state index contributed by atoms with van der Waals surface area (Å²) in [5, 5.41) is 11.8. The molecule has 0 bridgehead atoms. The lowest BCUT2D eigenvalue weighted by molar-refractivity contribution is -0.143. The molecular weight excluding hydrogens is 258 g/mol. The van der Waals surface area contributed by atoms with Gasteiger partial charge < -0.3 is 15.2 Å². The smallest absolute Gasteiger partial charge is 0.326 e. The molecule has 1 aliphatic heterocycles. The molecule has 2 N–H and O–H groups in total. The lowest BCUT2D eigenvalue weighted by atomic mass is 9.91. The van der Waals surface area contributed by atoms with Gasteiger partial charge in [0.15, 0.2) is 0 Å². The molecule has 0 saturated heterocycles. The number of rotatable bonds is 4. The maximum Gasteiger partial charge on any atom is 0.326 e. The molecule has 1 heterocycles. The highest BCUT2D eigenvalue weighted by atomic mass is 16.5. The van der Waals surface area contributed by atoms with E-state index in [2.05, 4.69) is 5.32 Å². The maximum absolute atomic E-state index is 12.4. The Hall–Kier alpha value is -2.04. The Labute approximate surface area is 117 Å². The fourth-order valence-electron chi connectivity index (χ4n) is 2.38. The zero-order valence-electron chi connectivity index (χ0n) is 11.6. The predicted molar refractivity (Wildman–Crippen MR) is 73.7 cm³/mol. The van der Waals surface area contributed by atoms with Gasteiger partial charge in [0.1, 0.15) is 11.8 Å². The molecule has 108 valence electrons. The van der Waals surface area contributed by atoms with E-state index in [1.165, 1.54) is 0 Å². The summed E-state index contributed by atoms with van der Waals surface area (Å²) < 4.78 is 5.51. The summed E-state index contributed by atoms with van der Waals surface area (Å²) >= 11 is 0. The minimum Gasteiger partial charge on any atom is -0.493 e. The fraction of sp³-hybridized carbons (Fsp3) is 0.467. The van der Waals surface area contributed by atoms with Crippen LogP contribution in [0.4, 0.5) is 0 Å². The number of carbonyl (C=O) groups is 2. The van der Waals surface area contributed by atoms with Crippen LogP contribution >= 0.6 is 0 Å². The second kappa shape index (κ2) is 5.94. The Kier molecular flexibility index (Phi) is 4.27. The minimum atomic E-state index is -1.01. The SMILES string of the molecule is CC(C)C(NC(=O)C1CCOc2ccccc21)C(=O)O. The number of carbonyl (C=O) groups excluding carboxylic acids is 1. The zero-order valence-corrected chi connectivity index (χ0v) is 11.6. The van der Waals surface area contributed by atoms with Crippen LogP contribution in [0.3, 0.4) is 0 Å². The number of carboxylic acids is 1. The third-order valence-corrected chi connectivity index (χ3v) is 3.51. The number of hydrogen-bond donors (Lipinski definition) is 2. The third kappa shape index (κ3) is 2.92. The Balaban J connectivity index is 2.16. The van der Waals surface area contributed by atoms with Crippen molar-refractivity contribution in [2.24, 2.45) is 5.92 Å². The van der Waals surface area contributed by atoms with Crippen molar-refractivity contribution in [1.29, 1.82) is 0 Å². The van der Waals surface area contributed by atoms with Gasteiger partial charge >= 0.3 is 5.97 Å². The van der Waals surface area contributed by atoms with E-state index in [4.69, 9.17) is 9.84 Å². The zero-order chi connectivity index (χ0) is 14.7. The van der Waals surface area contributed by atoms with Gasteiger partial charge in [0.2, 0.25) is 5.91 Å². The highest BCUT2D eigenvalue weighted by molar-refractivity contribution is 5.88. The topological polar surface area (TPSA) is 75.6 Å². The maximum atomic E-state index is 12.4. The van der Waals surface area contributed by atoms with Gasteiger partial charge in [-0.05, 0) is 18.4 Å². The molecule has 20 heavy (non-hydrogen) atoms. The van der Waals surface area contributed by atoms with Crippen LogP contribution in [0, 0.1) is 5.92 Å². The van der Waals surface area contributed by atoms with Crippen molar-refractivity contribution in [2.75, 3.05) is 6.61 Å². The molecule has 0 aromatic heterocycles. The van der Waals surface area contributed by atoms with Crippen molar-refractivity contribution in [1.82, 2.24) is 5.32 Å². The van der Waals surface area contributed by atoms with Gasteiger partial charge in [-0.3, -0.25) is 4.79 Å². The molecule has 5 heteroatoms. The Morgan fingerprint density at radius 2 is 2.05 bits per heavy atom. The Morgan fingerprint density at radius 3 is 2.70 bits per heavy atom. The van der Waals surface area contributed by atoms with Crippen LogP contribution < -0.4 is 10.1 Å². The molecule has 0 radical (unpaired) electrons. The highest BCUT2D eigenvalue weighted by Crippen LogP contribution is 2.33. The van der Waals surface area contributed by atoms with E-state index < -0.39 is 12.0 Å². The normalized spacial score (nSPS) is 18.9. The lowest BCUT2D eigenvalue weighted by Crippen LogP contribution is -2.46. The van der Waals surface area contributed by atoms with Gasteiger partial charge in [0.05, 0.1) is 12.5 Å². The largest absolute Gasteiger partial charge is 0.493 e. The molecule has 5 nitrogen and oxygen atoms in total. The molecule has 2 rings (SSSR count). The third-order valence-electron chi connectivity index (χ3n) is 3.51. The van der Waals surface area contributed by atoms with Crippen molar-refractivity contribution in [3.8, 4) is 5.75 Å². The van der Waals surface area contributed by atoms with Gasteiger partial charge in [0.25, 0.3) is 0 Å². The molecular formula is C15H19NO4. The molecule has 1 aromatic rings. The van der Waals surface area contributed by atoms with E-state index in [0.29, 0.717) is 18.8 Å². The van der Waals surface area contributed by atoms with E-state index in [9.17, 15) is 9.59 Å². The number of hydrogen-bond acceptors (Lipinski definition) is 3. The fourth-order valence-corrected chi connectivity index (χ4v) is 2.38. The lowest BCUT2D eigenvalue weighted by Gasteiger charge is -2.27. The van der Waals surface area contributed by atoms with Crippen LogP contribution in [0.1, 0.15) is 31.7 Å². The summed E-state index contributed by atoms with van der Waals surface area (Å²) in [6.07, 6.45) is 0.563. The molecule has 0 fully saturated rings. The van der Waals surface area contributed by atoms with Gasteiger partial charge in [-0.15, -0.1) is 0 Å². The standard InChI is InChI=1S/C15H19NO4/c1-9(2)13(15(18)19)16-14(17)11-7-8-20-12-6-4-3-5-10(11)12/h3-6,9,11,13H,7-8H2,1-2H3,(H,16,17)(H,18,19). The first-order valence-corrected chi connectivity index (χ1v) is 6.75. The van der Waals surface area contributed by atoms with Crippen LogP contribution in [0.15, 0.2) is 24.3 Å². The number of benzene rings is 1. The van der Waals surface area contributed by atoms with Gasteiger partial charge in [-0.1, -0.05) is 32.0 Å². The molecule has 2 atom stereocenters. The average molecular weight is 277 g/mol. The van der Waals surface area contributed by atoms with Crippen molar-refractivity contribution in [3.63, 3.8) is 0 Å². The minimum absolute atomic E-state index is 0.161. The molecule has 0 aliphatic carbocycles. The van der Waals surface area contributed by atoms with Gasteiger partial charge in [-0.25, -0.2) is 4.79 Å². The number of aliphatic carboxylic acids is 1. The number of amides is 1.